The molecule has 1 amide bonds. The summed E-state index contributed by atoms with van der Waals surface area (Å²) in [4.78, 5) is 12.1. The average Bonchev–Trinajstić information content (AvgIpc) is 2.87. The summed E-state index contributed by atoms with van der Waals surface area (Å²) in [5, 5.41) is 6.41. The predicted molar refractivity (Wildman–Crippen MR) is 102 cm³/mol. The summed E-state index contributed by atoms with van der Waals surface area (Å²) in [6.45, 7) is 1.68. The number of hydrogen-bond donors (Lipinski definition) is 2. The highest BCUT2D eigenvalue weighted by Gasteiger charge is 2.11. The Hall–Kier alpha value is -1.60. The van der Waals surface area contributed by atoms with Crippen molar-refractivity contribution < 1.29 is 17.9 Å². The molecular weight excluding hydrogens is 352 g/mol. The molecule has 1 aliphatic carbocycles. The third kappa shape index (κ3) is 7.74. The standard InChI is InChI=1S/C19H30N2O4S/c1-26(23,24)18-10-8-17(9-11-18)25-15-12-19(22)21-14-13-20-16-6-4-2-3-5-7-16/h8-11,16,20H,2-7,12-15H2,1H3,(H,21,22). The second-order valence-electron chi connectivity index (χ2n) is 6.83. The van der Waals surface area contributed by atoms with Crippen LogP contribution in [0.15, 0.2) is 29.2 Å². The second-order valence-corrected chi connectivity index (χ2v) is 8.85. The van der Waals surface area contributed by atoms with Crippen LogP contribution in [-0.4, -0.2) is 46.3 Å². The molecule has 26 heavy (non-hydrogen) atoms. The Balaban J connectivity index is 1.57. The minimum Gasteiger partial charge on any atom is -0.493 e. The number of sulfone groups is 1. The van der Waals surface area contributed by atoms with Crippen molar-refractivity contribution in [2.75, 3.05) is 26.0 Å². The normalized spacial score (nSPS) is 16.0. The van der Waals surface area contributed by atoms with Gasteiger partial charge in [-0.15, -0.1) is 0 Å². The van der Waals surface area contributed by atoms with E-state index in [1.165, 1.54) is 50.7 Å². The summed E-state index contributed by atoms with van der Waals surface area (Å²) in [5.74, 6) is 0.514. The maximum absolute atomic E-state index is 11.8. The van der Waals surface area contributed by atoms with Gasteiger partial charge in [-0.3, -0.25) is 4.79 Å². The lowest BCUT2D eigenvalue weighted by molar-refractivity contribution is -0.121. The molecule has 0 spiro atoms. The van der Waals surface area contributed by atoms with E-state index in [2.05, 4.69) is 10.6 Å². The minimum atomic E-state index is -3.20. The summed E-state index contributed by atoms with van der Waals surface area (Å²) < 4.78 is 28.3. The molecule has 0 aliphatic heterocycles. The van der Waals surface area contributed by atoms with E-state index in [9.17, 15) is 13.2 Å². The van der Waals surface area contributed by atoms with Gasteiger partial charge in [-0.1, -0.05) is 25.7 Å². The molecule has 0 unspecified atom stereocenters. The Morgan fingerprint density at radius 2 is 1.73 bits per heavy atom. The molecule has 6 nitrogen and oxygen atoms in total. The van der Waals surface area contributed by atoms with Crippen molar-refractivity contribution in [1.29, 1.82) is 0 Å². The summed E-state index contributed by atoms with van der Waals surface area (Å²) in [6, 6.07) is 6.80. The van der Waals surface area contributed by atoms with Gasteiger partial charge in [0.05, 0.1) is 17.9 Å². The van der Waals surface area contributed by atoms with Crippen molar-refractivity contribution >= 4 is 15.7 Å². The number of nitrogens with one attached hydrogen (secondary N) is 2. The molecule has 1 aliphatic rings. The van der Waals surface area contributed by atoms with Crippen LogP contribution in [0.1, 0.15) is 44.9 Å². The first-order chi connectivity index (χ1) is 12.4. The first-order valence-electron chi connectivity index (χ1n) is 9.38. The summed E-state index contributed by atoms with van der Waals surface area (Å²) in [7, 11) is -3.20. The van der Waals surface area contributed by atoms with E-state index < -0.39 is 9.84 Å². The zero-order valence-electron chi connectivity index (χ0n) is 15.5. The highest BCUT2D eigenvalue weighted by atomic mass is 32.2. The van der Waals surface area contributed by atoms with Gasteiger partial charge in [0.15, 0.2) is 9.84 Å². The smallest absolute Gasteiger partial charge is 0.223 e. The van der Waals surface area contributed by atoms with Gasteiger partial charge in [-0.2, -0.15) is 0 Å². The van der Waals surface area contributed by atoms with E-state index in [1.807, 2.05) is 0 Å². The minimum absolute atomic E-state index is 0.0413. The zero-order valence-corrected chi connectivity index (χ0v) is 16.3. The van der Waals surface area contributed by atoms with Gasteiger partial charge in [0.25, 0.3) is 0 Å². The Morgan fingerprint density at radius 1 is 1.08 bits per heavy atom. The molecule has 146 valence electrons. The summed E-state index contributed by atoms with van der Waals surface area (Å²) >= 11 is 0. The van der Waals surface area contributed by atoms with Gasteiger partial charge in [-0.05, 0) is 37.1 Å². The van der Waals surface area contributed by atoms with Crippen LogP contribution in [-0.2, 0) is 14.6 Å². The van der Waals surface area contributed by atoms with Crippen LogP contribution in [0.4, 0.5) is 0 Å². The number of carbonyl (C=O) groups is 1. The molecule has 2 N–H and O–H groups in total. The van der Waals surface area contributed by atoms with E-state index in [-0.39, 0.29) is 23.8 Å². The van der Waals surface area contributed by atoms with E-state index in [1.54, 1.807) is 12.1 Å². The van der Waals surface area contributed by atoms with Crippen molar-refractivity contribution in [3.63, 3.8) is 0 Å². The molecule has 0 aromatic heterocycles. The summed E-state index contributed by atoms with van der Waals surface area (Å²) in [5.41, 5.74) is 0. The molecule has 1 aromatic carbocycles. The Kier molecular flexibility index (Phi) is 8.38. The van der Waals surface area contributed by atoms with Crippen LogP contribution in [0.2, 0.25) is 0 Å². The van der Waals surface area contributed by atoms with Gasteiger partial charge < -0.3 is 15.4 Å². The SMILES string of the molecule is CS(=O)(=O)c1ccc(OCCC(=O)NCCNC2CCCCCC2)cc1. The number of rotatable bonds is 9. The highest BCUT2D eigenvalue weighted by molar-refractivity contribution is 7.90. The van der Waals surface area contributed by atoms with Crippen LogP contribution < -0.4 is 15.4 Å². The quantitative estimate of drug-likeness (QED) is 0.506. The molecule has 1 fully saturated rings. The molecule has 0 radical (unpaired) electrons. The Labute approximate surface area is 156 Å². The van der Waals surface area contributed by atoms with E-state index in [0.717, 1.165) is 12.8 Å². The van der Waals surface area contributed by atoms with Gasteiger partial charge >= 0.3 is 0 Å². The average molecular weight is 383 g/mol. The van der Waals surface area contributed by atoms with Crippen molar-refractivity contribution in [3.8, 4) is 5.75 Å². The van der Waals surface area contributed by atoms with Crippen LogP contribution in [0.25, 0.3) is 0 Å². The first-order valence-corrected chi connectivity index (χ1v) is 11.3. The van der Waals surface area contributed by atoms with Crippen molar-refractivity contribution in [3.05, 3.63) is 24.3 Å². The van der Waals surface area contributed by atoms with Crippen molar-refractivity contribution in [2.45, 2.75) is 55.9 Å². The molecular formula is C19H30N2O4S. The molecule has 0 saturated heterocycles. The number of benzene rings is 1. The molecule has 1 aromatic rings. The number of hydrogen-bond acceptors (Lipinski definition) is 5. The van der Waals surface area contributed by atoms with Crippen molar-refractivity contribution in [1.82, 2.24) is 10.6 Å². The molecule has 0 atom stereocenters. The lowest BCUT2D eigenvalue weighted by Crippen LogP contribution is -2.37. The molecule has 0 bridgehead atoms. The first kappa shape index (κ1) is 20.7. The van der Waals surface area contributed by atoms with Crippen LogP contribution in [0.3, 0.4) is 0 Å². The molecule has 7 heteroatoms. The summed E-state index contributed by atoms with van der Waals surface area (Å²) in [6.07, 6.45) is 9.19. The molecule has 1 saturated carbocycles. The largest absolute Gasteiger partial charge is 0.493 e. The zero-order chi connectivity index (χ0) is 18.8. The van der Waals surface area contributed by atoms with Crippen LogP contribution in [0, 0.1) is 0 Å². The Bertz CT molecular complexity index is 651. The number of carbonyl (C=O) groups excluding carboxylic acids is 1. The monoisotopic (exact) mass is 382 g/mol. The Morgan fingerprint density at radius 3 is 2.35 bits per heavy atom. The predicted octanol–water partition coefficient (Wildman–Crippen LogP) is 2.29. The van der Waals surface area contributed by atoms with Gasteiger partial charge in [0.2, 0.25) is 5.91 Å². The van der Waals surface area contributed by atoms with Crippen LogP contribution >= 0.6 is 0 Å². The molecule has 0 heterocycles. The van der Waals surface area contributed by atoms with Crippen molar-refractivity contribution in [2.24, 2.45) is 0 Å². The maximum atomic E-state index is 11.8. The fourth-order valence-corrected chi connectivity index (χ4v) is 3.73. The topological polar surface area (TPSA) is 84.5 Å². The fourth-order valence-electron chi connectivity index (χ4n) is 3.09. The van der Waals surface area contributed by atoms with Gasteiger partial charge in [0, 0.05) is 25.4 Å². The third-order valence-electron chi connectivity index (χ3n) is 4.59. The van der Waals surface area contributed by atoms with E-state index in [0.29, 0.717) is 18.3 Å². The molecule has 2 rings (SSSR count). The van der Waals surface area contributed by atoms with E-state index in [4.69, 9.17) is 4.74 Å². The van der Waals surface area contributed by atoms with E-state index >= 15 is 0 Å². The van der Waals surface area contributed by atoms with Gasteiger partial charge in [0.1, 0.15) is 5.75 Å². The third-order valence-corrected chi connectivity index (χ3v) is 5.71. The maximum Gasteiger partial charge on any atom is 0.223 e. The number of ether oxygens (including phenoxy) is 1. The number of amides is 1. The fraction of sp³-hybridized carbons (Fsp3) is 0.632. The van der Waals surface area contributed by atoms with Gasteiger partial charge in [-0.25, -0.2) is 8.42 Å². The van der Waals surface area contributed by atoms with Crippen LogP contribution in [0.5, 0.6) is 5.75 Å². The lowest BCUT2D eigenvalue weighted by atomic mass is 10.1. The highest BCUT2D eigenvalue weighted by Crippen LogP contribution is 2.17. The second kappa shape index (κ2) is 10.5. The lowest BCUT2D eigenvalue weighted by Gasteiger charge is -2.16.